The normalized spacial score (nSPS) is 14.0. The number of hydrogen-bond acceptors (Lipinski definition) is 3. The number of anilines is 1. The predicted octanol–water partition coefficient (Wildman–Crippen LogP) is 2.94. The summed E-state index contributed by atoms with van der Waals surface area (Å²) in [6.07, 6.45) is 6.14. The van der Waals surface area contributed by atoms with E-state index in [-0.39, 0.29) is 5.91 Å². The molecule has 1 fully saturated rings. The molecule has 0 radical (unpaired) electrons. The molecule has 5 heteroatoms. The first-order chi connectivity index (χ1) is 10.2. The topological polar surface area (TPSA) is 56.1 Å². The van der Waals surface area contributed by atoms with E-state index in [1.165, 1.54) is 12.8 Å². The molecule has 5 nitrogen and oxygen atoms in total. The Labute approximate surface area is 123 Å². The number of carbonyl (C=O) groups excluding carboxylic acids is 1. The van der Waals surface area contributed by atoms with Gasteiger partial charge in [0.25, 0.3) is 5.91 Å². The Bertz CT molecular complexity index is 615. The quantitative estimate of drug-likeness (QED) is 0.887. The van der Waals surface area contributed by atoms with Gasteiger partial charge in [0.05, 0.1) is 18.5 Å². The highest BCUT2D eigenvalue weighted by Gasteiger charge is 2.22. The average molecular weight is 285 g/mol. The van der Waals surface area contributed by atoms with Gasteiger partial charge in [-0.15, -0.1) is 0 Å². The van der Waals surface area contributed by atoms with Gasteiger partial charge in [-0.05, 0) is 49.9 Å². The van der Waals surface area contributed by atoms with E-state index in [0.29, 0.717) is 12.2 Å². The molecular formula is C16H19N3O2. The predicted molar refractivity (Wildman–Crippen MR) is 80.5 cm³/mol. The molecule has 0 bridgehead atoms. The second-order valence-electron chi connectivity index (χ2n) is 5.31. The van der Waals surface area contributed by atoms with Crippen molar-refractivity contribution in [1.29, 1.82) is 0 Å². The van der Waals surface area contributed by atoms with E-state index < -0.39 is 0 Å². The first-order valence-electron chi connectivity index (χ1n) is 7.31. The van der Waals surface area contributed by atoms with Gasteiger partial charge < -0.3 is 10.1 Å². The van der Waals surface area contributed by atoms with Crippen LogP contribution in [0.5, 0.6) is 5.75 Å². The van der Waals surface area contributed by atoms with Crippen LogP contribution in [0.3, 0.4) is 0 Å². The minimum absolute atomic E-state index is 0.135. The Kier molecular flexibility index (Phi) is 3.90. The number of amides is 1. The van der Waals surface area contributed by atoms with Crippen LogP contribution < -0.4 is 10.1 Å². The molecule has 1 aromatic carbocycles. The summed E-state index contributed by atoms with van der Waals surface area (Å²) in [4.78, 5) is 12.1. The van der Waals surface area contributed by atoms with Gasteiger partial charge in [0.15, 0.2) is 0 Å². The van der Waals surface area contributed by atoms with Crippen LogP contribution in [0.1, 0.15) is 30.1 Å². The molecule has 0 saturated heterocycles. The van der Waals surface area contributed by atoms with Gasteiger partial charge in [-0.1, -0.05) is 0 Å². The molecule has 0 unspecified atom stereocenters. The highest BCUT2D eigenvalue weighted by molar-refractivity contribution is 6.04. The van der Waals surface area contributed by atoms with Gasteiger partial charge >= 0.3 is 0 Å². The zero-order valence-corrected chi connectivity index (χ0v) is 12.1. The first kappa shape index (κ1) is 13.7. The number of nitrogens with zero attached hydrogens (tertiary/aromatic N) is 2. The molecule has 1 N–H and O–H groups in total. The van der Waals surface area contributed by atoms with Crippen molar-refractivity contribution in [2.24, 2.45) is 5.92 Å². The van der Waals surface area contributed by atoms with E-state index in [0.717, 1.165) is 23.9 Å². The standard InChI is InChI=1S/C16H19N3O2/c1-2-21-15-7-5-13(6-8-15)16(20)18-14-9-17-19(11-14)10-12-3-4-12/h5-9,11-12H,2-4,10H2,1H3,(H,18,20). The molecule has 3 rings (SSSR count). The fourth-order valence-corrected chi connectivity index (χ4v) is 2.17. The Balaban J connectivity index is 1.60. The van der Waals surface area contributed by atoms with Crippen LogP contribution in [-0.4, -0.2) is 22.3 Å². The van der Waals surface area contributed by atoms with Gasteiger partial charge in [0.1, 0.15) is 5.75 Å². The van der Waals surface area contributed by atoms with Crippen LogP contribution >= 0.6 is 0 Å². The number of nitrogens with one attached hydrogen (secondary N) is 1. The molecule has 0 atom stereocenters. The van der Waals surface area contributed by atoms with E-state index in [4.69, 9.17) is 4.74 Å². The second kappa shape index (κ2) is 5.99. The van der Waals surface area contributed by atoms with Gasteiger partial charge in [-0.2, -0.15) is 5.10 Å². The third-order valence-corrected chi connectivity index (χ3v) is 3.46. The molecule has 110 valence electrons. The van der Waals surface area contributed by atoms with Crippen molar-refractivity contribution >= 4 is 11.6 Å². The van der Waals surface area contributed by atoms with Crippen molar-refractivity contribution in [2.75, 3.05) is 11.9 Å². The third kappa shape index (κ3) is 3.62. The van der Waals surface area contributed by atoms with Crippen LogP contribution in [0.4, 0.5) is 5.69 Å². The van der Waals surface area contributed by atoms with Crippen LogP contribution in [0, 0.1) is 5.92 Å². The molecule has 1 aliphatic carbocycles. The van der Waals surface area contributed by atoms with Gasteiger partial charge in [-0.25, -0.2) is 0 Å². The van der Waals surface area contributed by atoms with Crippen LogP contribution in [-0.2, 0) is 6.54 Å². The van der Waals surface area contributed by atoms with E-state index in [9.17, 15) is 4.79 Å². The molecule has 21 heavy (non-hydrogen) atoms. The number of benzene rings is 1. The molecule has 1 saturated carbocycles. The van der Waals surface area contributed by atoms with E-state index in [1.807, 2.05) is 17.8 Å². The minimum atomic E-state index is -0.135. The van der Waals surface area contributed by atoms with Gasteiger partial charge in [-0.3, -0.25) is 9.48 Å². The molecule has 2 aromatic rings. The molecule has 0 spiro atoms. The summed E-state index contributed by atoms with van der Waals surface area (Å²) < 4.78 is 7.25. The van der Waals surface area contributed by atoms with Crippen molar-refractivity contribution in [3.8, 4) is 5.75 Å². The van der Waals surface area contributed by atoms with E-state index >= 15 is 0 Å². The smallest absolute Gasteiger partial charge is 0.255 e. The summed E-state index contributed by atoms with van der Waals surface area (Å²) in [5, 5.41) is 7.12. The maximum atomic E-state index is 12.1. The lowest BCUT2D eigenvalue weighted by molar-refractivity contribution is 0.102. The summed E-state index contributed by atoms with van der Waals surface area (Å²) in [5.74, 6) is 1.40. The van der Waals surface area contributed by atoms with E-state index in [2.05, 4.69) is 10.4 Å². The fraction of sp³-hybridized carbons (Fsp3) is 0.375. The fourth-order valence-electron chi connectivity index (χ4n) is 2.17. The molecule has 1 amide bonds. The summed E-state index contributed by atoms with van der Waals surface area (Å²) in [6, 6.07) is 7.12. The average Bonchev–Trinajstić information content (AvgIpc) is 3.19. The summed E-state index contributed by atoms with van der Waals surface area (Å²) >= 11 is 0. The molecule has 1 aliphatic rings. The summed E-state index contributed by atoms with van der Waals surface area (Å²) in [6.45, 7) is 3.49. The highest BCUT2D eigenvalue weighted by atomic mass is 16.5. The molecular weight excluding hydrogens is 266 g/mol. The number of aromatic nitrogens is 2. The Morgan fingerprint density at radius 2 is 2.14 bits per heavy atom. The van der Waals surface area contributed by atoms with Crippen molar-refractivity contribution in [1.82, 2.24) is 9.78 Å². The summed E-state index contributed by atoms with van der Waals surface area (Å²) in [5.41, 5.74) is 1.34. The Morgan fingerprint density at radius 3 is 2.81 bits per heavy atom. The highest BCUT2D eigenvalue weighted by Crippen LogP contribution is 2.30. The Morgan fingerprint density at radius 1 is 1.38 bits per heavy atom. The van der Waals surface area contributed by atoms with Crippen molar-refractivity contribution < 1.29 is 9.53 Å². The lowest BCUT2D eigenvalue weighted by Crippen LogP contribution is -2.11. The zero-order chi connectivity index (χ0) is 14.7. The number of ether oxygens (including phenoxy) is 1. The van der Waals surface area contributed by atoms with Crippen molar-refractivity contribution in [2.45, 2.75) is 26.3 Å². The van der Waals surface area contributed by atoms with Crippen LogP contribution in [0.2, 0.25) is 0 Å². The minimum Gasteiger partial charge on any atom is -0.494 e. The molecule has 0 aliphatic heterocycles. The summed E-state index contributed by atoms with van der Waals surface area (Å²) in [7, 11) is 0. The SMILES string of the molecule is CCOc1ccc(C(=O)Nc2cnn(CC3CC3)c2)cc1. The van der Waals surface area contributed by atoms with Crippen molar-refractivity contribution in [3.63, 3.8) is 0 Å². The maximum absolute atomic E-state index is 12.1. The monoisotopic (exact) mass is 285 g/mol. The first-order valence-corrected chi connectivity index (χ1v) is 7.31. The van der Waals surface area contributed by atoms with Crippen LogP contribution in [0.25, 0.3) is 0 Å². The lowest BCUT2D eigenvalue weighted by Gasteiger charge is -2.05. The zero-order valence-electron chi connectivity index (χ0n) is 12.1. The number of rotatable bonds is 6. The third-order valence-electron chi connectivity index (χ3n) is 3.46. The molecule has 1 heterocycles. The van der Waals surface area contributed by atoms with Gasteiger partial charge in [0, 0.05) is 18.3 Å². The largest absolute Gasteiger partial charge is 0.494 e. The number of carbonyl (C=O) groups is 1. The molecule has 1 aromatic heterocycles. The van der Waals surface area contributed by atoms with Crippen molar-refractivity contribution in [3.05, 3.63) is 42.2 Å². The maximum Gasteiger partial charge on any atom is 0.255 e. The van der Waals surface area contributed by atoms with Gasteiger partial charge in [0.2, 0.25) is 0 Å². The van der Waals surface area contributed by atoms with E-state index in [1.54, 1.807) is 30.5 Å². The Hall–Kier alpha value is -2.30. The van der Waals surface area contributed by atoms with Crippen LogP contribution in [0.15, 0.2) is 36.7 Å². The second-order valence-corrected chi connectivity index (χ2v) is 5.31. The number of hydrogen-bond donors (Lipinski definition) is 1. The lowest BCUT2D eigenvalue weighted by atomic mass is 10.2.